The number of nitrogens with one attached hydrogen (secondary N) is 1. The zero-order valence-corrected chi connectivity index (χ0v) is 18.3. The molecule has 1 saturated heterocycles. The molecule has 6 heteroatoms. The number of furan rings is 1. The van der Waals surface area contributed by atoms with Crippen molar-refractivity contribution in [1.82, 2.24) is 4.90 Å². The number of amides is 1. The Bertz CT molecular complexity index is 1110. The molecule has 4 rings (SSSR count). The van der Waals surface area contributed by atoms with E-state index in [1.165, 1.54) is 6.42 Å². The van der Waals surface area contributed by atoms with Gasteiger partial charge in [0, 0.05) is 34.7 Å². The van der Waals surface area contributed by atoms with Crippen molar-refractivity contribution in [3.8, 4) is 5.75 Å². The fourth-order valence-electron chi connectivity index (χ4n) is 4.38. The van der Waals surface area contributed by atoms with E-state index in [1.807, 2.05) is 13.0 Å². The number of hydrogen-bond acceptors (Lipinski definition) is 4. The second kappa shape index (κ2) is 8.32. The summed E-state index contributed by atoms with van der Waals surface area (Å²) < 4.78 is 5.90. The summed E-state index contributed by atoms with van der Waals surface area (Å²) in [5, 5.41) is 14.9. The second-order valence-corrected chi connectivity index (χ2v) is 8.73. The summed E-state index contributed by atoms with van der Waals surface area (Å²) in [7, 11) is 0. The largest absolute Gasteiger partial charge is 0.508 e. The minimum Gasteiger partial charge on any atom is -0.508 e. The number of carbonyl (C=O) groups excluding carboxylic acids is 1. The number of benzene rings is 2. The molecule has 1 aliphatic heterocycles. The van der Waals surface area contributed by atoms with Crippen LogP contribution in [-0.4, -0.2) is 29.0 Å². The topological polar surface area (TPSA) is 65.7 Å². The maximum atomic E-state index is 13.3. The number of phenols is 1. The first-order valence-electron chi connectivity index (χ1n) is 10.4. The van der Waals surface area contributed by atoms with Gasteiger partial charge in [-0.05, 0) is 69.0 Å². The predicted octanol–water partition coefficient (Wildman–Crippen LogP) is 5.89. The maximum absolute atomic E-state index is 13.3. The summed E-state index contributed by atoms with van der Waals surface area (Å²) in [4.78, 5) is 15.6. The van der Waals surface area contributed by atoms with E-state index in [9.17, 15) is 9.90 Å². The van der Waals surface area contributed by atoms with E-state index < -0.39 is 0 Å². The molecule has 0 bridgehead atoms. The van der Waals surface area contributed by atoms with Crippen LogP contribution in [0, 0.1) is 19.8 Å². The van der Waals surface area contributed by atoms with Crippen LogP contribution < -0.4 is 5.32 Å². The third-order valence-electron chi connectivity index (χ3n) is 5.98. The highest BCUT2D eigenvalue weighted by molar-refractivity contribution is 6.31. The lowest BCUT2D eigenvalue weighted by molar-refractivity contribution is 0.102. The van der Waals surface area contributed by atoms with Crippen molar-refractivity contribution >= 4 is 34.2 Å². The van der Waals surface area contributed by atoms with Crippen molar-refractivity contribution in [3.05, 3.63) is 57.8 Å². The normalized spacial score (nSPS) is 17.4. The first-order valence-corrected chi connectivity index (χ1v) is 10.8. The monoisotopic (exact) mass is 426 g/mol. The molecule has 0 unspecified atom stereocenters. The standard InChI is InChI=1S/C24H27ClN2O3/c1-14-6-5-11-27(12-14)13-17-20(28)9-10-21-23(17)22(16(3)30-21)24(29)26-19-8-4-7-18(25)15(19)2/h4,7-10,14,28H,5-6,11-13H2,1-3H3,(H,26,29)/t14-/m1/s1. The smallest absolute Gasteiger partial charge is 0.259 e. The molecule has 2 aromatic carbocycles. The minimum absolute atomic E-state index is 0.189. The van der Waals surface area contributed by atoms with Gasteiger partial charge >= 0.3 is 0 Å². The van der Waals surface area contributed by atoms with Gasteiger partial charge in [-0.15, -0.1) is 0 Å². The Labute approximate surface area is 181 Å². The van der Waals surface area contributed by atoms with Gasteiger partial charge in [0.25, 0.3) is 5.91 Å². The molecule has 0 radical (unpaired) electrons. The summed E-state index contributed by atoms with van der Waals surface area (Å²) in [5.41, 5.74) is 3.28. The molecule has 158 valence electrons. The van der Waals surface area contributed by atoms with Gasteiger partial charge in [-0.1, -0.05) is 24.6 Å². The van der Waals surface area contributed by atoms with Gasteiger partial charge in [-0.2, -0.15) is 0 Å². The lowest BCUT2D eigenvalue weighted by Crippen LogP contribution is -2.33. The van der Waals surface area contributed by atoms with E-state index in [2.05, 4.69) is 17.1 Å². The Morgan fingerprint density at radius 1 is 1.30 bits per heavy atom. The molecular formula is C24H27ClN2O3. The number of likely N-dealkylation sites (tertiary alicyclic amines) is 1. The van der Waals surface area contributed by atoms with E-state index in [0.29, 0.717) is 45.5 Å². The Kier molecular flexibility index (Phi) is 5.76. The molecule has 0 aliphatic carbocycles. The van der Waals surface area contributed by atoms with Crippen LogP contribution in [0.2, 0.25) is 5.02 Å². The Balaban J connectivity index is 1.74. The lowest BCUT2D eigenvalue weighted by atomic mass is 9.98. The molecule has 1 aromatic heterocycles. The highest BCUT2D eigenvalue weighted by Gasteiger charge is 2.25. The van der Waals surface area contributed by atoms with E-state index in [0.717, 1.165) is 30.6 Å². The zero-order valence-electron chi connectivity index (χ0n) is 17.6. The highest BCUT2D eigenvalue weighted by Crippen LogP contribution is 2.36. The molecule has 3 aromatic rings. The second-order valence-electron chi connectivity index (χ2n) is 8.32. The number of aryl methyl sites for hydroxylation is 1. The van der Waals surface area contributed by atoms with Gasteiger partial charge in [-0.25, -0.2) is 0 Å². The van der Waals surface area contributed by atoms with Crippen molar-refractivity contribution in [2.45, 2.75) is 40.2 Å². The van der Waals surface area contributed by atoms with Gasteiger partial charge in [0.1, 0.15) is 17.1 Å². The van der Waals surface area contributed by atoms with Crippen molar-refractivity contribution in [2.75, 3.05) is 18.4 Å². The van der Waals surface area contributed by atoms with Crippen LogP contribution in [-0.2, 0) is 6.54 Å². The Morgan fingerprint density at radius 3 is 2.87 bits per heavy atom. The molecular weight excluding hydrogens is 400 g/mol. The van der Waals surface area contributed by atoms with E-state index in [-0.39, 0.29) is 11.7 Å². The fourth-order valence-corrected chi connectivity index (χ4v) is 4.56. The number of anilines is 1. The van der Waals surface area contributed by atoms with Gasteiger partial charge < -0.3 is 14.8 Å². The van der Waals surface area contributed by atoms with Gasteiger partial charge in [-0.3, -0.25) is 9.69 Å². The molecule has 0 spiro atoms. The van der Waals surface area contributed by atoms with Crippen LogP contribution in [0.15, 0.2) is 34.7 Å². The van der Waals surface area contributed by atoms with Crippen molar-refractivity contribution in [1.29, 1.82) is 0 Å². The molecule has 1 amide bonds. The average Bonchev–Trinajstić information content (AvgIpc) is 3.04. The number of fused-ring (bicyclic) bond motifs is 1. The molecule has 1 atom stereocenters. The molecule has 30 heavy (non-hydrogen) atoms. The number of aromatic hydroxyl groups is 1. The van der Waals surface area contributed by atoms with Gasteiger partial charge in [0.2, 0.25) is 0 Å². The van der Waals surface area contributed by atoms with Crippen molar-refractivity contribution in [2.24, 2.45) is 5.92 Å². The van der Waals surface area contributed by atoms with Gasteiger partial charge in [0.05, 0.1) is 5.56 Å². The molecule has 1 fully saturated rings. The van der Waals surface area contributed by atoms with Crippen molar-refractivity contribution < 1.29 is 14.3 Å². The van der Waals surface area contributed by atoms with E-state index in [4.69, 9.17) is 16.0 Å². The number of piperidine rings is 1. The third kappa shape index (κ3) is 3.92. The van der Waals surface area contributed by atoms with Crippen LogP contribution in [0.25, 0.3) is 11.0 Å². The highest BCUT2D eigenvalue weighted by atomic mass is 35.5. The van der Waals surface area contributed by atoms with Gasteiger partial charge in [0.15, 0.2) is 0 Å². The molecule has 0 saturated carbocycles. The van der Waals surface area contributed by atoms with Crippen LogP contribution >= 0.6 is 11.6 Å². The predicted molar refractivity (Wildman–Crippen MR) is 120 cm³/mol. The number of hydrogen-bond donors (Lipinski definition) is 2. The molecule has 2 heterocycles. The first-order chi connectivity index (χ1) is 14.3. The summed E-state index contributed by atoms with van der Waals surface area (Å²) in [6.07, 6.45) is 2.37. The Hall–Kier alpha value is -2.50. The Morgan fingerprint density at radius 2 is 2.10 bits per heavy atom. The molecule has 1 aliphatic rings. The van der Waals surface area contributed by atoms with Crippen molar-refractivity contribution in [3.63, 3.8) is 0 Å². The number of rotatable bonds is 4. The zero-order chi connectivity index (χ0) is 21.4. The minimum atomic E-state index is -0.268. The summed E-state index contributed by atoms with van der Waals surface area (Å²) in [5.74, 6) is 1.07. The van der Waals surface area contributed by atoms with E-state index in [1.54, 1.807) is 31.2 Å². The summed E-state index contributed by atoms with van der Waals surface area (Å²) >= 11 is 6.21. The number of phenolic OH excluding ortho intramolecular Hbond substituents is 1. The number of carbonyl (C=O) groups is 1. The third-order valence-corrected chi connectivity index (χ3v) is 6.39. The SMILES string of the molecule is Cc1oc2ccc(O)c(CN3CCC[C@@H](C)C3)c2c1C(=O)Nc1cccc(Cl)c1C. The summed E-state index contributed by atoms with van der Waals surface area (Å²) in [6.45, 7) is 8.45. The van der Waals surface area contributed by atoms with Crippen LogP contribution in [0.1, 0.15) is 47.0 Å². The van der Waals surface area contributed by atoms with E-state index >= 15 is 0 Å². The van der Waals surface area contributed by atoms with Crippen LogP contribution in [0.5, 0.6) is 5.75 Å². The number of nitrogens with zero attached hydrogens (tertiary/aromatic N) is 1. The van der Waals surface area contributed by atoms with Crippen LogP contribution in [0.3, 0.4) is 0 Å². The quantitative estimate of drug-likeness (QED) is 0.545. The molecule has 2 N–H and O–H groups in total. The summed E-state index contributed by atoms with van der Waals surface area (Å²) in [6, 6.07) is 8.79. The number of halogens is 1. The average molecular weight is 427 g/mol. The molecule has 5 nitrogen and oxygen atoms in total. The fraction of sp³-hybridized carbons (Fsp3) is 0.375. The first kappa shape index (κ1) is 20.8. The maximum Gasteiger partial charge on any atom is 0.259 e. The lowest BCUT2D eigenvalue weighted by Gasteiger charge is -2.31. The van der Waals surface area contributed by atoms with Crippen LogP contribution in [0.4, 0.5) is 5.69 Å².